The van der Waals surface area contributed by atoms with E-state index in [1.165, 1.54) is 0 Å². The predicted molar refractivity (Wildman–Crippen MR) is 125 cm³/mol. The van der Waals surface area contributed by atoms with Crippen LogP contribution in [0.4, 0.5) is 11.5 Å². The number of para-hydroxylation sites is 1. The van der Waals surface area contributed by atoms with Crippen molar-refractivity contribution in [3.63, 3.8) is 0 Å². The Labute approximate surface area is 183 Å². The number of pyridine rings is 2. The number of carbonyl (C=O) groups excluding carboxylic acids is 2. The maximum absolute atomic E-state index is 13.7. The van der Waals surface area contributed by atoms with Gasteiger partial charge in [-0.05, 0) is 37.1 Å². The Bertz CT molecular complexity index is 1010. The number of carbonyl (C=O) groups is 2. The number of fused-ring (bicyclic) bond motifs is 1. The number of anilines is 2. The molecule has 31 heavy (non-hydrogen) atoms. The zero-order chi connectivity index (χ0) is 22.1. The summed E-state index contributed by atoms with van der Waals surface area (Å²) in [4.78, 5) is 35.8. The highest BCUT2D eigenvalue weighted by atomic mass is 16.2. The van der Waals surface area contributed by atoms with Gasteiger partial charge in [0.05, 0.1) is 11.2 Å². The van der Waals surface area contributed by atoms with Crippen LogP contribution in [0.1, 0.15) is 52.4 Å². The summed E-state index contributed by atoms with van der Waals surface area (Å²) in [5.74, 6) is -0.149. The second-order valence-electron chi connectivity index (χ2n) is 7.79. The molecule has 0 saturated carbocycles. The van der Waals surface area contributed by atoms with E-state index < -0.39 is 5.41 Å². The first-order chi connectivity index (χ1) is 15.1. The number of rotatable bonds is 10. The summed E-state index contributed by atoms with van der Waals surface area (Å²) in [6.45, 7) is 4.13. The lowest BCUT2D eigenvalue weighted by atomic mass is 9.76. The standard InChI is InChI=1S/C25H30N4O2/c1-3-5-15-25(16-6-4-2,24(31)29-21-14-7-8-17-26-21)23(30)28-20-13-9-11-19-12-10-18-27-22(19)20/h7-14,17-18H,3-6,15-16H2,1-2H3,(H,28,30)(H,26,29,31). The summed E-state index contributed by atoms with van der Waals surface area (Å²) >= 11 is 0. The van der Waals surface area contributed by atoms with Crippen molar-refractivity contribution in [2.24, 2.45) is 5.41 Å². The molecule has 3 rings (SSSR count). The van der Waals surface area contributed by atoms with E-state index in [2.05, 4.69) is 34.4 Å². The van der Waals surface area contributed by atoms with Crippen LogP contribution in [0.25, 0.3) is 10.9 Å². The van der Waals surface area contributed by atoms with Crippen molar-refractivity contribution in [1.29, 1.82) is 0 Å². The molecule has 0 spiro atoms. The molecular formula is C25H30N4O2. The van der Waals surface area contributed by atoms with E-state index in [0.717, 1.165) is 31.1 Å². The van der Waals surface area contributed by atoms with Crippen LogP contribution in [0.5, 0.6) is 0 Å². The molecule has 6 heteroatoms. The first kappa shape index (κ1) is 22.4. The Hall–Kier alpha value is -3.28. The maximum Gasteiger partial charge on any atom is 0.241 e. The third kappa shape index (κ3) is 5.26. The largest absolute Gasteiger partial charge is 0.323 e. The summed E-state index contributed by atoms with van der Waals surface area (Å²) in [6.07, 6.45) is 7.63. The quantitative estimate of drug-likeness (QED) is 0.421. The molecule has 1 aromatic carbocycles. The monoisotopic (exact) mass is 418 g/mol. The van der Waals surface area contributed by atoms with Crippen LogP contribution in [0.2, 0.25) is 0 Å². The van der Waals surface area contributed by atoms with Crippen LogP contribution in [-0.4, -0.2) is 21.8 Å². The van der Waals surface area contributed by atoms with Gasteiger partial charge in [-0.15, -0.1) is 0 Å². The van der Waals surface area contributed by atoms with Crippen molar-refractivity contribution >= 4 is 34.2 Å². The highest BCUT2D eigenvalue weighted by Gasteiger charge is 2.45. The third-order valence-electron chi connectivity index (χ3n) is 5.57. The van der Waals surface area contributed by atoms with Crippen LogP contribution in [0, 0.1) is 5.41 Å². The average Bonchev–Trinajstić information content (AvgIpc) is 2.80. The van der Waals surface area contributed by atoms with E-state index in [1.54, 1.807) is 24.5 Å². The molecule has 6 nitrogen and oxygen atoms in total. The molecule has 0 saturated heterocycles. The Morgan fingerprint density at radius 3 is 2.16 bits per heavy atom. The number of hydrogen-bond acceptors (Lipinski definition) is 4. The summed E-state index contributed by atoms with van der Waals surface area (Å²) in [6, 6.07) is 14.8. The second-order valence-corrected chi connectivity index (χ2v) is 7.79. The van der Waals surface area contributed by atoms with Gasteiger partial charge in [-0.2, -0.15) is 0 Å². The van der Waals surface area contributed by atoms with Gasteiger partial charge in [0.1, 0.15) is 11.2 Å². The van der Waals surface area contributed by atoms with Crippen LogP contribution in [-0.2, 0) is 9.59 Å². The molecule has 0 aliphatic rings. The molecule has 0 radical (unpaired) electrons. The van der Waals surface area contributed by atoms with Gasteiger partial charge < -0.3 is 10.6 Å². The third-order valence-corrected chi connectivity index (χ3v) is 5.57. The van der Waals surface area contributed by atoms with Crippen molar-refractivity contribution in [3.05, 3.63) is 60.9 Å². The number of amides is 2. The van der Waals surface area contributed by atoms with Crippen molar-refractivity contribution < 1.29 is 9.59 Å². The molecule has 2 aromatic heterocycles. The fourth-order valence-electron chi connectivity index (χ4n) is 3.76. The average molecular weight is 419 g/mol. The number of benzene rings is 1. The summed E-state index contributed by atoms with van der Waals surface area (Å²) in [7, 11) is 0. The fraction of sp³-hybridized carbons (Fsp3) is 0.360. The number of aromatic nitrogens is 2. The molecule has 2 heterocycles. The number of unbranched alkanes of at least 4 members (excludes halogenated alkanes) is 2. The van der Waals surface area contributed by atoms with Gasteiger partial charge in [-0.25, -0.2) is 4.98 Å². The molecule has 0 atom stereocenters. The van der Waals surface area contributed by atoms with Crippen LogP contribution >= 0.6 is 0 Å². The lowest BCUT2D eigenvalue weighted by molar-refractivity contribution is -0.138. The van der Waals surface area contributed by atoms with E-state index in [1.807, 2.05) is 36.4 Å². The Morgan fingerprint density at radius 2 is 1.48 bits per heavy atom. The first-order valence-electron chi connectivity index (χ1n) is 11.0. The molecule has 0 aliphatic heterocycles. The van der Waals surface area contributed by atoms with Gasteiger partial charge in [0.25, 0.3) is 0 Å². The topological polar surface area (TPSA) is 84.0 Å². The van der Waals surface area contributed by atoms with Gasteiger partial charge in [0.2, 0.25) is 11.8 Å². The molecule has 3 aromatic rings. The Balaban J connectivity index is 1.96. The number of hydrogen-bond donors (Lipinski definition) is 2. The zero-order valence-electron chi connectivity index (χ0n) is 18.2. The maximum atomic E-state index is 13.7. The van der Waals surface area contributed by atoms with Gasteiger partial charge in [-0.1, -0.05) is 63.8 Å². The van der Waals surface area contributed by atoms with Crippen LogP contribution in [0.15, 0.2) is 60.9 Å². The van der Waals surface area contributed by atoms with Crippen molar-refractivity contribution in [2.75, 3.05) is 10.6 Å². The van der Waals surface area contributed by atoms with Gasteiger partial charge in [0, 0.05) is 17.8 Å². The van der Waals surface area contributed by atoms with Gasteiger partial charge in [-0.3, -0.25) is 14.6 Å². The number of nitrogens with one attached hydrogen (secondary N) is 2. The van der Waals surface area contributed by atoms with Crippen molar-refractivity contribution in [3.8, 4) is 0 Å². The predicted octanol–water partition coefficient (Wildman–Crippen LogP) is 5.57. The van der Waals surface area contributed by atoms with Crippen LogP contribution < -0.4 is 10.6 Å². The van der Waals surface area contributed by atoms with Gasteiger partial charge in [0.15, 0.2) is 0 Å². The highest BCUT2D eigenvalue weighted by molar-refractivity contribution is 6.15. The Morgan fingerprint density at radius 1 is 0.806 bits per heavy atom. The van der Waals surface area contributed by atoms with E-state index in [9.17, 15) is 9.59 Å². The Kier molecular flexibility index (Phi) is 7.70. The minimum Gasteiger partial charge on any atom is -0.323 e. The molecule has 0 unspecified atom stereocenters. The summed E-state index contributed by atoms with van der Waals surface area (Å²) < 4.78 is 0. The fourth-order valence-corrected chi connectivity index (χ4v) is 3.76. The molecule has 0 fully saturated rings. The van der Waals surface area contributed by atoms with E-state index in [0.29, 0.717) is 29.9 Å². The van der Waals surface area contributed by atoms with E-state index >= 15 is 0 Å². The zero-order valence-corrected chi connectivity index (χ0v) is 18.2. The van der Waals surface area contributed by atoms with Crippen molar-refractivity contribution in [2.45, 2.75) is 52.4 Å². The van der Waals surface area contributed by atoms with Crippen molar-refractivity contribution in [1.82, 2.24) is 9.97 Å². The second kappa shape index (κ2) is 10.7. The smallest absolute Gasteiger partial charge is 0.241 e. The molecule has 0 bridgehead atoms. The lowest BCUT2D eigenvalue weighted by Gasteiger charge is -2.31. The van der Waals surface area contributed by atoms with E-state index in [4.69, 9.17) is 0 Å². The summed E-state index contributed by atoms with van der Waals surface area (Å²) in [5.41, 5.74) is 0.148. The molecule has 162 valence electrons. The summed E-state index contributed by atoms with van der Waals surface area (Å²) in [5, 5.41) is 6.84. The molecular weight excluding hydrogens is 388 g/mol. The molecule has 2 amide bonds. The van der Waals surface area contributed by atoms with Crippen LogP contribution in [0.3, 0.4) is 0 Å². The highest BCUT2D eigenvalue weighted by Crippen LogP contribution is 2.35. The van der Waals surface area contributed by atoms with Gasteiger partial charge >= 0.3 is 0 Å². The number of nitrogens with zero attached hydrogens (tertiary/aromatic N) is 2. The van der Waals surface area contributed by atoms with E-state index in [-0.39, 0.29) is 11.8 Å². The molecule has 0 aliphatic carbocycles. The normalized spacial score (nSPS) is 11.3. The first-order valence-corrected chi connectivity index (χ1v) is 11.0. The SMILES string of the molecule is CCCCC(CCCC)(C(=O)Nc1ccccn1)C(=O)Nc1cccc2cccnc12. The lowest BCUT2D eigenvalue weighted by Crippen LogP contribution is -2.46. The minimum atomic E-state index is -1.18. The molecule has 2 N–H and O–H groups in total. The minimum absolute atomic E-state index is 0.291.